The molecule has 4 N–H and O–H groups in total. The Hall–Kier alpha value is -3.55. The molecule has 2 aromatic carbocycles. The molecule has 1 aliphatic heterocycles. The number of ether oxygens (including phenoxy) is 4. The molecule has 19 heteroatoms. The van der Waals surface area contributed by atoms with E-state index in [0.29, 0.717) is 16.3 Å². The number of carbonyl (C=O) groups is 3. The van der Waals surface area contributed by atoms with Crippen molar-refractivity contribution in [2.45, 2.75) is 49.6 Å². The highest BCUT2D eigenvalue weighted by molar-refractivity contribution is 7.92. The third kappa shape index (κ3) is 9.61. The lowest BCUT2D eigenvalue weighted by Gasteiger charge is -2.52. The van der Waals surface area contributed by atoms with Crippen LogP contribution in [0.3, 0.4) is 0 Å². The van der Waals surface area contributed by atoms with E-state index in [1.807, 2.05) is 0 Å². The predicted molar refractivity (Wildman–Crippen MR) is 181 cm³/mol. The quantitative estimate of drug-likeness (QED) is 0.128. The van der Waals surface area contributed by atoms with Crippen LogP contribution in [0.1, 0.15) is 42.5 Å². The van der Waals surface area contributed by atoms with Gasteiger partial charge >= 0.3 is 18.0 Å². The standard InChI is InChI=1S/C31H35Cl2N3O12S2/c1-19-31(40,20-6-4-7-21(32)12-20)48-17-30(2,3)36(19)29(39)47-18-46-27(37)16-49(41)11-10-45-28(38)23-13-26(50(34,42)43)24(33)14-25(23)35-15-22-8-5-9-44-22/h4-9,12-14,19,35,40H,10-11,15-18H2,1-3H3,(H2,34,42,43)/t19-,31+,49?/m0/s1. The minimum atomic E-state index is -4.30. The molecule has 1 fully saturated rings. The average molecular weight is 777 g/mol. The Bertz CT molecular complexity index is 1810. The van der Waals surface area contributed by atoms with Gasteiger partial charge in [0.25, 0.3) is 0 Å². The van der Waals surface area contributed by atoms with Crippen LogP contribution in [0.4, 0.5) is 10.5 Å². The number of primary sulfonamides is 1. The number of hydrogen-bond acceptors (Lipinski definition) is 13. The minimum Gasteiger partial charge on any atom is -0.616 e. The number of carbonyl (C=O) groups excluding carboxylic acids is 3. The van der Waals surface area contributed by atoms with E-state index >= 15 is 0 Å². The molecule has 3 aromatic rings. The normalized spacial score (nSPS) is 19.4. The average Bonchev–Trinajstić information content (AvgIpc) is 3.55. The fourth-order valence-electron chi connectivity index (χ4n) is 5.06. The van der Waals surface area contributed by atoms with Crippen molar-refractivity contribution in [2.24, 2.45) is 5.14 Å². The monoisotopic (exact) mass is 775 g/mol. The van der Waals surface area contributed by atoms with Crippen LogP contribution in [0.5, 0.6) is 0 Å². The number of morpholine rings is 1. The molecule has 1 saturated heterocycles. The number of esters is 2. The number of rotatable bonds is 13. The molecule has 1 amide bonds. The Kier molecular flexibility index (Phi) is 12.7. The molecule has 272 valence electrons. The Morgan fingerprint density at radius 2 is 1.88 bits per heavy atom. The van der Waals surface area contributed by atoms with E-state index in [9.17, 15) is 32.5 Å². The molecule has 15 nitrogen and oxygen atoms in total. The largest absolute Gasteiger partial charge is 0.616 e. The van der Waals surface area contributed by atoms with Crippen molar-refractivity contribution in [3.63, 3.8) is 0 Å². The SMILES string of the molecule is C[C@@H]1N(C(=O)OCOC(=O)C[S+]([O-])CCOC(=O)c2cc(S(N)(=O)=O)c(Cl)cc2NCc2ccco2)C(C)(C)CO[C@@]1(O)c1cccc(Cl)c1. The first-order valence-electron chi connectivity index (χ1n) is 14.8. The van der Waals surface area contributed by atoms with Crippen molar-refractivity contribution in [3.8, 4) is 0 Å². The van der Waals surface area contributed by atoms with Crippen LogP contribution in [-0.2, 0) is 57.3 Å². The van der Waals surface area contributed by atoms with Gasteiger partial charge in [-0.1, -0.05) is 35.3 Å². The maximum absolute atomic E-state index is 13.1. The van der Waals surface area contributed by atoms with E-state index in [4.69, 9.17) is 51.7 Å². The van der Waals surface area contributed by atoms with Gasteiger partial charge in [-0.2, -0.15) is 0 Å². The second-order valence-electron chi connectivity index (χ2n) is 11.6. The predicted octanol–water partition coefficient (Wildman–Crippen LogP) is 3.73. The van der Waals surface area contributed by atoms with Crippen molar-refractivity contribution in [2.75, 3.05) is 36.8 Å². The summed E-state index contributed by atoms with van der Waals surface area (Å²) >= 11 is 10.3. The number of nitrogens with zero attached hydrogens (tertiary/aromatic N) is 1. The first-order valence-corrected chi connectivity index (χ1v) is 18.6. The number of anilines is 1. The van der Waals surface area contributed by atoms with Gasteiger partial charge in [0.1, 0.15) is 23.0 Å². The van der Waals surface area contributed by atoms with E-state index in [0.717, 1.165) is 6.07 Å². The van der Waals surface area contributed by atoms with Gasteiger partial charge in [0.2, 0.25) is 28.4 Å². The molecule has 1 aliphatic rings. The molecular formula is C31H35Cl2N3O12S2. The van der Waals surface area contributed by atoms with Crippen molar-refractivity contribution in [1.82, 2.24) is 4.90 Å². The second-order valence-corrected chi connectivity index (χ2v) is 15.6. The second kappa shape index (κ2) is 16.2. The Labute approximate surface area is 301 Å². The number of furan rings is 1. The Morgan fingerprint density at radius 1 is 1.14 bits per heavy atom. The number of aliphatic hydroxyl groups is 1. The fourth-order valence-corrected chi connectivity index (χ4v) is 7.11. The summed E-state index contributed by atoms with van der Waals surface area (Å²) in [4.78, 5) is 39.1. The van der Waals surface area contributed by atoms with E-state index in [1.54, 1.807) is 51.1 Å². The van der Waals surface area contributed by atoms with Crippen LogP contribution in [0.2, 0.25) is 10.0 Å². The Morgan fingerprint density at radius 3 is 2.54 bits per heavy atom. The van der Waals surface area contributed by atoms with Crippen molar-refractivity contribution < 1.29 is 55.8 Å². The summed E-state index contributed by atoms with van der Waals surface area (Å²) in [5.41, 5.74) is -0.700. The van der Waals surface area contributed by atoms with Gasteiger partial charge in [-0.05, 0) is 68.3 Å². The summed E-state index contributed by atoms with van der Waals surface area (Å²) in [6.07, 6.45) is 0.542. The number of nitrogens with one attached hydrogen (secondary N) is 1. The van der Waals surface area contributed by atoms with Crippen LogP contribution in [0.15, 0.2) is 64.1 Å². The molecule has 0 saturated carbocycles. The molecule has 0 bridgehead atoms. The number of nitrogens with two attached hydrogens (primary N) is 1. The fraction of sp³-hybridized carbons (Fsp3) is 0.387. The van der Waals surface area contributed by atoms with E-state index in [2.05, 4.69) is 5.32 Å². The van der Waals surface area contributed by atoms with Crippen molar-refractivity contribution in [1.29, 1.82) is 0 Å². The molecule has 50 heavy (non-hydrogen) atoms. The van der Waals surface area contributed by atoms with Gasteiger partial charge in [-0.25, -0.2) is 27.9 Å². The van der Waals surface area contributed by atoms with E-state index < -0.39 is 80.6 Å². The van der Waals surface area contributed by atoms with Crippen LogP contribution < -0.4 is 10.5 Å². The van der Waals surface area contributed by atoms with Crippen molar-refractivity contribution >= 4 is 68.1 Å². The summed E-state index contributed by atoms with van der Waals surface area (Å²) in [5.74, 6) is -4.25. The summed E-state index contributed by atoms with van der Waals surface area (Å²) < 4.78 is 62.8. The topological polar surface area (TPSA) is 220 Å². The molecule has 1 aromatic heterocycles. The zero-order chi connectivity index (χ0) is 36.9. The maximum atomic E-state index is 13.1. The first-order chi connectivity index (χ1) is 23.4. The molecular weight excluding hydrogens is 741 g/mol. The number of amides is 1. The number of halogens is 2. The molecule has 2 heterocycles. The van der Waals surface area contributed by atoms with Crippen LogP contribution in [0, 0.1) is 0 Å². The van der Waals surface area contributed by atoms with Gasteiger partial charge in [-0.3, -0.25) is 4.90 Å². The third-order valence-corrected chi connectivity index (χ3v) is 10.3. The van der Waals surface area contributed by atoms with Gasteiger partial charge in [0, 0.05) is 10.6 Å². The van der Waals surface area contributed by atoms with E-state index in [-0.39, 0.29) is 35.2 Å². The summed E-state index contributed by atoms with van der Waals surface area (Å²) in [5, 5.41) is 19.6. The Balaban J connectivity index is 1.28. The highest BCUT2D eigenvalue weighted by Crippen LogP contribution is 2.40. The molecule has 4 rings (SSSR count). The van der Waals surface area contributed by atoms with E-state index in [1.165, 1.54) is 23.3 Å². The lowest BCUT2D eigenvalue weighted by Crippen LogP contribution is -2.66. The van der Waals surface area contributed by atoms with Gasteiger partial charge in [-0.15, -0.1) is 0 Å². The van der Waals surface area contributed by atoms with Crippen molar-refractivity contribution in [3.05, 3.63) is 81.7 Å². The zero-order valence-corrected chi connectivity index (χ0v) is 30.2. The highest BCUT2D eigenvalue weighted by atomic mass is 35.5. The molecule has 1 unspecified atom stereocenters. The van der Waals surface area contributed by atoms with Crippen LogP contribution in [-0.4, -0.2) is 84.1 Å². The third-order valence-electron chi connectivity index (χ3n) is 7.54. The van der Waals surface area contributed by atoms with Gasteiger partial charge in [0.05, 0.1) is 47.3 Å². The molecule has 3 atom stereocenters. The highest BCUT2D eigenvalue weighted by Gasteiger charge is 2.53. The van der Waals surface area contributed by atoms with Gasteiger partial charge < -0.3 is 38.3 Å². The molecule has 0 aliphatic carbocycles. The summed E-state index contributed by atoms with van der Waals surface area (Å²) in [7, 11) is -4.30. The van der Waals surface area contributed by atoms with Gasteiger partial charge in [0.15, 0.2) is 0 Å². The number of sulfonamides is 1. The zero-order valence-electron chi connectivity index (χ0n) is 27.1. The number of hydrogen-bond donors (Lipinski definition) is 3. The van der Waals surface area contributed by atoms with Crippen LogP contribution >= 0.6 is 23.2 Å². The number of benzene rings is 2. The molecule has 0 spiro atoms. The first kappa shape index (κ1) is 39.2. The lowest BCUT2D eigenvalue weighted by molar-refractivity contribution is -0.295. The van der Waals surface area contributed by atoms with Crippen LogP contribution in [0.25, 0.3) is 0 Å². The summed E-state index contributed by atoms with van der Waals surface area (Å²) in [6.45, 7) is 3.80. The lowest BCUT2D eigenvalue weighted by atomic mass is 9.90. The smallest absolute Gasteiger partial charge is 0.413 e. The minimum absolute atomic E-state index is 0.0626. The molecule has 0 radical (unpaired) electrons. The summed E-state index contributed by atoms with van der Waals surface area (Å²) in [6, 6.07) is 10.9. The maximum Gasteiger partial charge on any atom is 0.413 e.